The van der Waals surface area contributed by atoms with Crippen molar-refractivity contribution in [2.45, 2.75) is 109 Å². The zero-order valence-electron chi connectivity index (χ0n) is 38.4. The monoisotopic (exact) mass is 893 g/mol. The van der Waals surface area contributed by atoms with Crippen molar-refractivity contribution < 1.29 is 34.4 Å². The molecule has 3 aromatic carbocycles. The number of aliphatic hydroxyl groups is 2. The van der Waals surface area contributed by atoms with Gasteiger partial charge in [-0.05, 0) is 178 Å². The molecule has 6 N–H and O–H groups in total. The largest absolute Gasteiger partial charge is 0.508 e. The quantitative estimate of drug-likeness (QED) is 0.0820. The lowest BCUT2D eigenvalue weighted by Gasteiger charge is -2.56. The molecule has 0 aromatic heterocycles. The Hall–Kier alpha value is -4.84. The maximum Gasteiger partial charge on any atom is 0.340 e. The molecule has 1 spiro atoms. The van der Waals surface area contributed by atoms with E-state index in [-0.39, 0.29) is 60.7 Å². The van der Waals surface area contributed by atoms with Gasteiger partial charge in [-0.25, -0.2) is 9.59 Å². The number of piperidine rings is 1. The number of esters is 2. The Labute approximate surface area is 389 Å². The smallest absolute Gasteiger partial charge is 0.340 e. The van der Waals surface area contributed by atoms with Crippen molar-refractivity contribution in [3.63, 3.8) is 0 Å². The summed E-state index contributed by atoms with van der Waals surface area (Å²) in [5.74, 6) is 0.363. The molecule has 3 aliphatic heterocycles. The first kappa shape index (κ1) is 45.0. The first-order chi connectivity index (χ1) is 32.3. The van der Waals surface area contributed by atoms with Crippen LogP contribution in [0.5, 0.6) is 5.75 Å². The van der Waals surface area contributed by atoms with Gasteiger partial charge in [0.2, 0.25) is 0 Å². The van der Waals surface area contributed by atoms with Crippen molar-refractivity contribution in [3.8, 4) is 16.9 Å². The van der Waals surface area contributed by atoms with Crippen molar-refractivity contribution in [1.82, 2.24) is 16.0 Å². The number of phenolic OH excluding ortho intramolecular Hbond substituents is 1. The molecule has 10 nitrogen and oxygen atoms in total. The molecular weight excluding hydrogens is 827 g/mol. The van der Waals surface area contributed by atoms with Gasteiger partial charge in [0.25, 0.3) is 0 Å². The van der Waals surface area contributed by atoms with Gasteiger partial charge in [0, 0.05) is 42.9 Å². The number of carbonyl (C=O) groups excluding carboxylic acids is 2. The molecule has 3 aromatic rings. The fourth-order valence-corrected chi connectivity index (χ4v) is 13.5. The number of carbonyl (C=O) groups is 2. The van der Waals surface area contributed by atoms with Gasteiger partial charge in [0.05, 0.1) is 17.2 Å². The van der Waals surface area contributed by atoms with Crippen LogP contribution < -0.4 is 16.0 Å². The molecule has 2 saturated heterocycles. The number of phenols is 1. The molecule has 2 saturated carbocycles. The average Bonchev–Trinajstić information content (AvgIpc) is 3.83. The van der Waals surface area contributed by atoms with Gasteiger partial charge in [-0.1, -0.05) is 73.9 Å². The fraction of sp³-hybridized carbons (Fsp3) is 0.500. The number of nitrogens with one attached hydrogen (secondary N) is 3. The highest BCUT2D eigenvalue weighted by Gasteiger charge is 2.68. The highest BCUT2D eigenvalue weighted by molar-refractivity contribution is 6.07. The maximum atomic E-state index is 15.0. The number of ether oxygens (including phenoxy) is 2. The normalized spacial score (nSPS) is 29.5. The van der Waals surface area contributed by atoms with E-state index in [9.17, 15) is 20.1 Å². The second-order valence-corrected chi connectivity index (χ2v) is 20.2. The molecule has 8 aliphatic rings. The van der Waals surface area contributed by atoms with E-state index < -0.39 is 11.4 Å². The number of hydrogen-bond donors (Lipinski definition) is 6. The van der Waals surface area contributed by atoms with E-state index in [4.69, 9.17) is 9.47 Å². The maximum absolute atomic E-state index is 15.0. The number of cyclic esters (lactones) is 2. The number of rotatable bonds is 15. The third kappa shape index (κ3) is 8.42. The van der Waals surface area contributed by atoms with Crippen molar-refractivity contribution in [2.24, 2.45) is 40.9 Å². The average molecular weight is 894 g/mol. The molecule has 348 valence electrons. The zero-order valence-corrected chi connectivity index (χ0v) is 38.4. The Morgan fingerprint density at radius 1 is 0.879 bits per heavy atom. The molecular formula is C56H67N3O7. The Bertz CT molecular complexity index is 2430. The third-order valence-corrected chi connectivity index (χ3v) is 16.6. The number of aliphatic hydroxyl groups excluding tert-OH is 2. The zero-order chi connectivity index (χ0) is 45.4. The Morgan fingerprint density at radius 3 is 2.52 bits per heavy atom. The first-order valence-corrected chi connectivity index (χ1v) is 25.0. The summed E-state index contributed by atoms with van der Waals surface area (Å²) in [5.41, 5.74) is 7.29. The van der Waals surface area contributed by atoms with E-state index in [0.29, 0.717) is 66.7 Å². The van der Waals surface area contributed by atoms with Gasteiger partial charge in [-0.15, -0.1) is 0 Å². The van der Waals surface area contributed by atoms with Crippen LogP contribution in [0.3, 0.4) is 0 Å². The number of hydrogen-bond acceptors (Lipinski definition) is 10. The Morgan fingerprint density at radius 2 is 1.71 bits per heavy atom. The molecule has 0 radical (unpaired) electrons. The standard InChI is InChI=1S/C56H67N3O7/c1-57-49-30-37(22-25-58-49)39(33-61)15-20-47-45-19-18-44-43-21-24-56(52(44)51(45)54(63)65-47)48(29-35(23-26-60)27-34-9-4-2-5-10-34)66-55(64)53(56)50(43)46-31-41(62)16-17-42(46)38-12-8-11-36(28-38)32-59-40-13-6-3-7-14-40/h2,4-5,8-12,16-17,20,28-29,31,35,37,39-40,43-44,49,52,57-62H,3,6-7,13-15,18-19,21-27,30,32-33H2,1H3/b47-20-,48-29-/t35-,37-,39+,43-,44+,49+,52-,56-/m1/s1. The van der Waals surface area contributed by atoms with Gasteiger partial charge in [-0.2, -0.15) is 0 Å². The second kappa shape index (κ2) is 19.4. The summed E-state index contributed by atoms with van der Waals surface area (Å²) in [6.45, 7) is 1.69. The molecule has 0 unspecified atom stereocenters. The first-order valence-electron chi connectivity index (χ1n) is 25.0. The Kier molecular flexibility index (Phi) is 13.2. The molecule has 3 heterocycles. The molecule has 0 amide bonds. The van der Waals surface area contributed by atoms with Crippen LogP contribution in [0, 0.1) is 40.9 Å². The molecule has 8 atom stereocenters. The minimum Gasteiger partial charge on any atom is -0.508 e. The van der Waals surface area contributed by atoms with Crippen LogP contribution in [0.1, 0.15) is 100 Å². The molecule has 5 aliphatic carbocycles. The van der Waals surface area contributed by atoms with E-state index in [1.165, 1.54) is 37.7 Å². The number of aromatic hydroxyl groups is 1. The molecule has 66 heavy (non-hydrogen) atoms. The van der Waals surface area contributed by atoms with Gasteiger partial charge in [0.15, 0.2) is 0 Å². The van der Waals surface area contributed by atoms with E-state index in [0.717, 1.165) is 72.2 Å². The van der Waals surface area contributed by atoms with Gasteiger partial charge in [-0.3, -0.25) is 0 Å². The molecule has 10 heteroatoms. The van der Waals surface area contributed by atoms with E-state index in [1.54, 1.807) is 6.07 Å². The number of allylic oxidation sites excluding steroid dienone is 5. The highest BCUT2D eigenvalue weighted by Crippen LogP contribution is 2.72. The predicted molar refractivity (Wildman–Crippen MR) is 255 cm³/mol. The van der Waals surface area contributed by atoms with E-state index in [1.807, 2.05) is 43.5 Å². The van der Waals surface area contributed by atoms with Crippen molar-refractivity contribution in [1.29, 1.82) is 0 Å². The summed E-state index contributed by atoms with van der Waals surface area (Å²) < 4.78 is 12.9. The van der Waals surface area contributed by atoms with Crippen LogP contribution in [0.4, 0.5) is 0 Å². The lowest BCUT2D eigenvalue weighted by atomic mass is 9.44. The molecule has 4 fully saturated rings. The van der Waals surface area contributed by atoms with Crippen molar-refractivity contribution in [3.05, 3.63) is 130 Å². The summed E-state index contributed by atoms with van der Waals surface area (Å²) in [5, 5.41) is 43.0. The summed E-state index contributed by atoms with van der Waals surface area (Å²) in [7, 11) is 1.96. The van der Waals surface area contributed by atoms with Crippen molar-refractivity contribution >= 4 is 17.5 Å². The third-order valence-electron chi connectivity index (χ3n) is 16.6. The summed E-state index contributed by atoms with van der Waals surface area (Å²) in [6.07, 6.45) is 17.1. The number of fused-ring (bicyclic) bond motifs is 1. The van der Waals surface area contributed by atoms with Crippen LogP contribution in [-0.2, 0) is 32.0 Å². The van der Waals surface area contributed by atoms with Gasteiger partial charge in [0.1, 0.15) is 17.3 Å². The lowest BCUT2D eigenvalue weighted by molar-refractivity contribution is -0.135. The van der Waals surface area contributed by atoms with Crippen LogP contribution in [0.2, 0.25) is 0 Å². The van der Waals surface area contributed by atoms with Gasteiger partial charge < -0.3 is 40.7 Å². The van der Waals surface area contributed by atoms with Crippen LogP contribution in [-0.4, -0.2) is 66.3 Å². The highest BCUT2D eigenvalue weighted by atomic mass is 16.6. The van der Waals surface area contributed by atoms with Crippen LogP contribution in [0.15, 0.2) is 113 Å². The predicted octanol–water partition coefficient (Wildman–Crippen LogP) is 8.63. The van der Waals surface area contributed by atoms with Gasteiger partial charge >= 0.3 is 11.9 Å². The second-order valence-electron chi connectivity index (χ2n) is 20.2. The molecule has 2 bridgehead atoms. The topological polar surface area (TPSA) is 149 Å². The van der Waals surface area contributed by atoms with Crippen LogP contribution in [0.25, 0.3) is 16.7 Å². The summed E-state index contributed by atoms with van der Waals surface area (Å²) in [4.78, 5) is 29.6. The lowest BCUT2D eigenvalue weighted by Crippen LogP contribution is -2.52. The summed E-state index contributed by atoms with van der Waals surface area (Å²) >= 11 is 0. The number of benzene rings is 3. The van der Waals surface area contributed by atoms with E-state index >= 15 is 4.79 Å². The Balaban J connectivity index is 1.08. The SMILES string of the molecule is CN[C@@H]1C[C@H]([C@H](CO)C/C=C2\OC(=O)C3=C2CC[C@H]2[C@H]4CC[C@]5(C(=C4c4cc(O)ccc4-c4cccc(CNC6CCCCC6)c4)C(=O)O/C5=C\[C@H](CCO)Cc4ccccc4)[C@@H]32)CCN1. The minimum absolute atomic E-state index is 0.00565. The fourth-order valence-electron chi connectivity index (χ4n) is 13.5. The minimum atomic E-state index is -0.953. The summed E-state index contributed by atoms with van der Waals surface area (Å²) in [6, 6.07) is 24.9. The van der Waals surface area contributed by atoms with Crippen molar-refractivity contribution in [2.75, 3.05) is 26.8 Å². The van der Waals surface area contributed by atoms with E-state index in [2.05, 4.69) is 58.4 Å². The van der Waals surface area contributed by atoms with Crippen LogP contribution >= 0.6 is 0 Å². The molecule has 11 rings (SSSR count).